The summed E-state index contributed by atoms with van der Waals surface area (Å²) in [5.74, 6) is 0.863. The highest BCUT2D eigenvalue weighted by Gasteiger charge is 2.16. The SMILES string of the molecule is COc1ccc(C(O)CCC(=O)Nc2cccc(Cl)c2Cl)c(OC)c1. The van der Waals surface area contributed by atoms with E-state index in [0.717, 1.165) is 0 Å². The third-order valence-electron chi connectivity index (χ3n) is 3.67. The topological polar surface area (TPSA) is 67.8 Å². The predicted octanol–water partition coefficient (Wildman–Crippen LogP) is 4.46. The molecule has 5 nitrogen and oxygen atoms in total. The summed E-state index contributed by atoms with van der Waals surface area (Å²) < 4.78 is 10.4. The molecule has 0 bridgehead atoms. The Bertz CT molecular complexity index is 752. The molecule has 0 aliphatic rings. The van der Waals surface area contributed by atoms with Crippen LogP contribution in [0.5, 0.6) is 11.5 Å². The van der Waals surface area contributed by atoms with Crippen molar-refractivity contribution in [2.45, 2.75) is 18.9 Å². The first-order valence-electron chi connectivity index (χ1n) is 7.60. The lowest BCUT2D eigenvalue weighted by atomic mass is 10.0. The van der Waals surface area contributed by atoms with Gasteiger partial charge in [0.05, 0.1) is 36.1 Å². The lowest BCUT2D eigenvalue weighted by Crippen LogP contribution is -2.13. The van der Waals surface area contributed by atoms with E-state index < -0.39 is 6.10 Å². The largest absolute Gasteiger partial charge is 0.497 e. The number of nitrogens with one attached hydrogen (secondary N) is 1. The Hall–Kier alpha value is -1.95. The lowest BCUT2D eigenvalue weighted by Gasteiger charge is -2.16. The third kappa shape index (κ3) is 5.01. The zero-order valence-corrected chi connectivity index (χ0v) is 15.4. The smallest absolute Gasteiger partial charge is 0.224 e. The minimum Gasteiger partial charge on any atom is -0.497 e. The molecule has 2 aromatic rings. The van der Waals surface area contributed by atoms with Crippen LogP contribution >= 0.6 is 23.2 Å². The quantitative estimate of drug-likeness (QED) is 0.740. The van der Waals surface area contributed by atoms with Crippen LogP contribution in [-0.2, 0) is 4.79 Å². The van der Waals surface area contributed by atoms with E-state index in [2.05, 4.69) is 5.32 Å². The van der Waals surface area contributed by atoms with Gasteiger partial charge in [0.1, 0.15) is 11.5 Å². The molecule has 0 radical (unpaired) electrons. The molecule has 0 saturated carbocycles. The molecule has 0 saturated heterocycles. The van der Waals surface area contributed by atoms with E-state index in [4.69, 9.17) is 32.7 Å². The first kappa shape index (κ1) is 19.4. The number of ether oxygens (including phenoxy) is 2. The van der Waals surface area contributed by atoms with Crippen LogP contribution in [0.4, 0.5) is 5.69 Å². The standard InChI is InChI=1S/C18H19Cl2NO4/c1-24-11-6-7-12(16(10-11)25-2)15(22)8-9-17(23)21-14-5-3-4-13(19)18(14)20/h3-7,10,15,22H,8-9H2,1-2H3,(H,21,23). The molecule has 0 fully saturated rings. The highest BCUT2D eigenvalue weighted by atomic mass is 35.5. The van der Waals surface area contributed by atoms with Gasteiger partial charge in [0.25, 0.3) is 0 Å². The highest BCUT2D eigenvalue weighted by Crippen LogP contribution is 2.32. The number of carbonyl (C=O) groups is 1. The maximum atomic E-state index is 12.1. The Morgan fingerprint density at radius 3 is 2.64 bits per heavy atom. The van der Waals surface area contributed by atoms with Gasteiger partial charge in [0, 0.05) is 18.1 Å². The van der Waals surface area contributed by atoms with Gasteiger partial charge in [-0.1, -0.05) is 29.3 Å². The number of hydrogen-bond acceptors (Lipinski definition) is 4. The molecule has 134 valence electrons. The fourth-order valence-corrected chi connectivity index (χ4v) is 2.68. The summed E-state index contributed by atoms with van der Waals surface area (Å²) in [6, 6.07) is 10.1. The Kier molecular flexibility index (Phi) is 6.93. The number of halogens is 2. The summed E-state index contributed by atoms with van der Waals surface area (Å²) in [5.41, 5.74) is 1.03. The number of aliphatic hydroxyl groups is 1. The Labute approximate surface area is 156 Å². The number of hydrogen-bond donors (Lipinski definition) is 2. The van der Waals surface area contributed by atoms with Gasteiger partial charge in [-0.2, -0.15) is 0 Å². The Morgan fingerprint density at radius 2 is 1.96 bits per heavy atom. The summed E-state index contributed by atoms with van der Waals surface area (Å²) in [6.07, 6.45) is -0.507. The molecule has 0 aliphatic heterocycles. The normalized spacial score (nSPS) is 11.7. The molecule has 0 spiro atoms. The molecule has 2 aromatic carbocycles. The van der Waals surface area contributed by atoms with E-state index in [1.165, 1.54) is 7.11 Å². The number of amides is 1. The van der Waals surface area contributed by atoms with Gasteiger partial charge in [-0.05, 0) is 30.7 Å². The van der Waals surface area contributed by atoms with Crippen LogP contribution in [0.1, 0.15) is 24.5 Å². The van der Waals surface area contributed by atoms with Crippen molar-refractivity contribution in [1.82, 2.24) is 0 Å². The summed E-state index contributed by atoms with van der Waals surface area (Å²) in [7, 11) is 3.06. The number of anilines is 1. The number of methoxy groups -OCH3 is 2. The van der Waals surface area contributed by atoms with Crippen molar-refractivity contribution in [3.05, 3.63) is 52.0 Å². The van der Waals surface area contributed by atoms with Crippen LogP contribution in [-0.4, -0.2) is 25.2 Å². The zero-order valence-electron chi connectivity index (χ0n) is 13.9. The minimum absolute atomic E-state index is 0.110. The summed E-state index contributed by atoms with van der Waals surface area (Å²) in [6.45, 7) is 0. The molecule has 0 heterocycles. The number of benzene rings is 2. The first-order chi connectivity index (χ1) is 12.0. The fraction of sp³-hybridized carbons (Fsp3) is 0.278. The van der Waals surface area contributed by atoms with Crippen LogP contribution in [0.25, 0.3) is 0 Å². The molecule has 0 aliphatic carbocycles. The van der Waals surface area contributed by atoms with E-state index in [1.807, 2.05) is 0 Å². The van der Waals surface area contributed by atoms with Crippen molar-refractivity contribution in [3.8, 4) is 11.5 Å². The van der Waals surface area contributed by atoms with Gasteiger partial charge in [0.15, 0.2) is 0 Å². The van der Waals surface area contributed by atoms with Crippen molar-refractivity contribution < 1.29 is 19.4 Å². The van der Waals surface area contributed by atoms with Crippen molar-refractivity contribution in [2.75, 3.05) is 19.5 Å². The van der Waals surface area contributed by atoms with Crippen LogP contribution in [0.3, 0.4) is 0 Å². The van der Waals surface area contributed by atoms with Crippen LogP contribution in [0.2, 0.25) is 10.0 Å². The van der Waals surface area contributed by atoms with Gasteiger partial charge in [-0.25, -0.2) is 0 Å². The molecular weight excluding hydrogens is 365 g/mol. The number of rotatable bonds is 7. The number of carbonyl (C=O) groups excluding carboxylic acids is 1. The lowest BCUT2D eigenvalue weighted by molar-refractivity contribution is -0.116. The maximum absolute atomic E-state index is 12.1. The molecule has 2 rings (SSSR count). The first-order valence-corrected chi connectivity index (χ1v) is 8.35. The van der Waals surface area contributed by atoms with Crippen LogP contribution < -0.4 is 14.8 Å². The molecule has 0 aromatic heterocycles. The van der Waals surface area contributed by atoms with Crippen molar-refractivity contribution in [2.24, 2.45) is 0 Å². The monoisotopic (exact) mass is 383 g/mol. The van der Waals surface area contributed by atoms with E-state index in [1.54, 1.807) is 43.5 Å². The number of aliphatic hydroxyl groups excluding tert-OH is 1. The molecule has 7 heteroatoms. The van der Waals surface area contributed by atoms with E-state index >= 15 is 0 Å². The fourth-order valence-electron chi connectivity index (χ4n) is 2.33. The van der Waals surface area contributed by atoms with Crippen molar-refractivity contribution >= 4 is 34.8 Å². The molecule has 1 amide bonds. The highest BCUT2D eigenvalue weighted by molar-refractivity contribution is 6.43. The molecular formula is C18H19Cl2NO4. The molecule has 25 heavy (non-hydrogen) atoms. The van der Waals surface area contributed by atoms with E-state index in [9.17, 15) is 9.90 Å². The van der Waals surface area contributed by atoms with E-state index in [-0.39, 0.29) is 23.8 Å². The maximum Gasteiger partial charge on any atom is 0.224 e. The van der Waals surface area contributed by atoms with Gasteiger partial charge in [0.2, 0.25) is 5.91 Å². The zero-order chi connectivity index (χ0) is 18.4. The van der Waals surface area contributed by atoms with Gasteiger partial charge < -0.3 is 19.9 Å². The molecule has 1 unspecified atom stereocenters. The summed E-state index contributed by atoms with van der Waals surface area (Å²) in [4.78, 5) is 12.1. The second-order valence-electron chi connectivity index (χ2n) is 5.31. The average molecular weight is 384 g/mol. The van der Waals surface area contributed by atoms with Crippen LogP contribution in [0, 0.1) is 0 Å². The van der Waals surface area contributed by atoms with Gasteiger partial charge >= 0.3 is 0 Å². The molecule has 2 N–H and O–H groups in total. The Balaban J connectivity index is 1.98. The van der Waals surface area contributed by atoms with E-state index in [0.29, 0.717) is 27.8 Å². The average Bonchev–Trinajstić information content (AvgIpc) is 2.62. The predicted molar refractivity (Wildman–Crippen MR) is 98.8 cm³/mol. The van der Waals surface area contributed by atoms with Crippen molar-refractivity contribution in [1.29, 1.82) is 0 Å². The minimum atomic E-state index is -0.846. The Morgan fingerprint density at radius 1 is 1.20 bits per heavy atom. The second kappa shape index (κ2) is 8.94. The summed E-state index contributed by atoms with van der Waals surface area (Å²) >= 11 is 12.0. The molecule has 1 atom stereocenters. The van der Waals surface area contributed by atoms with Gasteiger partial charge in [-0.15, -0.1) is 0 Å². The van der Waals surface area contributed by atoms with Crippen LogP contribution in [0.15, 0.2) is 36.4 Å². The third-order valence-corrected chi connectivity index (χ3v) is 4.49. The van der Waals surface area contributed by atoms with Gasteiger partial charge in [-0.3, -0.25) is 4.79 Å². The van der Waals surface area contributed by atoms with Crippen molar-refractivity contribution in [3.63, 3.8) is 0 Å². The second-order valence-corrected chi connectivity index (χ2v) is 6.10. The summed E-state index contributed by atoms with van der Waals surface area (Å²) in [5, 5.41) is 13.7.